The lowest BCUT2D eigenvalue weighted by molar-refractivity contribution is -0.190. The molecule has 1 fully saturated rings. The zero-order valence-corrected chi connectivity index (χ0v) is 6.73. The second-order valence-electron chi connectivity index (χ2n) is 2.80. The van der Waals surface area contributed by atoms with E-state index in [0.717, 1.165) is 0 Å². The molecule has 1 heterocycles. The average Bonchev–Trinajstić information content (AvgIpc) is 1.99. The van der Waals surface area contributed by atoms with Gasteiger partial charge in [0, 0.05) is 7.11 Å². The van der Waals surface area contributed by atoms with E-state index in [9.17, 15) is 10.2 Å². The zero-order chi connectivity index (χ0) is 8.43. The van der Waals surface area contributed by atoms with Gasteiger partial charge in [-0.15, -0.1) is 0 Å². The summed E-state index contributed by atoms with van der Waals surface area (Å²) in [5.74, 6) is 0. The van der Waals surface area contributed by atoms with Crippen LogP contribution in [0.5, 0.6) is 0 Å². The minimum Gasteiger partial charge on any atom is -0.388 e. The first-order valence-corrected chi connectivity index (χ1v) is 3.67. The fourth-order valence-electron chi connectivity index (χ4n) is 1.24. The summed E-state index contributed by atoms with van der Waals surface area (Å²) in [7, 11) is 1.47. The van der Waals surface area contributed by atoms with Gasteiger partial charge in [-0.2, -0.15) is 0 Å². The van der Waals surface area contributed by atoms with Gasteiger partial charge in [0.2, 0.25) is 0 Å². The van der Waals surface area contributed by atoms with Crippen LogP contribution in [-0.4, -0.2) is 48.3 Å². The monoisotopic (exact) mass is 162 g/mol. The fraction of sp³-hybridized carbons (Fsp3) is 1.00. The van der Waals surface area contributed by atoms with Crippen LogP contribution >= 0.6 is 0 Å². The largest absolute Gasteiger partial charge is 0.388 e. The summed E-state index contributed by atoms with van der Waals surface area (Å²) in [4.78, 5) is 0. The van der Waals surface area contributed by atoms with Crippen molar-refractivity contribution < 1.29 is 19.7 Å². The number of hydrogen-bond donors (Lipinski definition) is 2. The van der Waals surface area contributed by atoms with E-state index in [0.29, 0.717) is 0 Å². The summed E-state index contributed by atoms with van der Waals surface area (Å²) < 4.78 is 9.96. The lowest BCUT2D eigenvalue weighted by atomic mass is 10.0. The molecule has 0 saturated carbocycles. The topological polar surface area (TPSA) is 58.9 Å². The lowest BCUT2D eigenvalue weighted by Crippen LogP contribution is -2.52. The normalized spacial score (nSPS) is 45.8. The van der Waals surface area contributed by atoms with Crippen molar-refractivity contribution in [3.8, 4) is 0 Å². The van der Waals surface area contributed by atoms with E-state index in [2.05, 4.69) is 0 Å². The van der Waals surface area contributed by atoms with E-state index < -0.39 is 18.3 Å². The molecule has 0 bridgehead atoms. The van der Waals surface area contributed by atoms with Crippen LogP contribution in [0.2, 0.25) is 0 Å². The van der Waals surface area contributed by atoms with Gasteiger partial charge in [0.25, 0.3) is 0 Å². The molecule has 0 radical (unpaired) electrons. The van der Waals surface area contributed by atoms with Gasteiger partial charge < -0.3 is 19.7 Å². The van der Waals surface area contributed by atoms with Crippen molar-refractivity contribution in [1.29, 1.82) is 0 Å². The van der Waals surface area contributed by atoms with Crippen LogP contribution in [0, 0.1) is 0 Å². The van der Waals surface area contributed by atoms with E-state index in [1.165, 1.54) is 7.11 Å². The Hall–Kier alpha value is -0.160. The number of ether oxygens (including phenoxy) is 2. The van der Waals surface area contributed by atoms with Crippen LogP contribution < -0.4 is 0 Å². The van der Waals surface area contributed by atoms with E-state index in [4.69, 9.17) is 9.47 Å². The third kappa shape index (κ3) is 1.70. The highest BCUT2D eigenvalue weighted by atomic mass is 16.5. The molecule has 11 heavy (non-hydrogen) atoms. The van der Waals surface area contributed by atoms with Crippen molar-refractivity contribution in [3.05, 3.63) is 0 Å². The van der Waals surface area contributed by atoms with Crippen molar-refractivity contribution in [2.75, 3.05) is 13.7 Å². The molecule has 0 amide bonds. The molecular weight excluding hydrogens is 148 g/mol. The van der Waals surface area contributed by atoms with Crippen LogP contribution in [0.4, 0.5) is 0 Å². The summed E-state index contributed by atoms with van der Waals surface area (Å²) >= 11 is 0. The highest BCUT2D eigenvalue weighted by Gasteiger charge is 2.36. The van der Waals surface area contributed by atoms with Crippen LogP contribution in [0.15, 0.2) is 0 Å². The molecule has 0 aromatic heterocycles. The van der Waals surface area contributed by atoms with E-state index >= 15 is 0 Å². The smallest absolute Gasteiger partial charge is 0.114 e. The summed E-state index contributed by atoms with van der Waals surface area (Å²) in [5.41, 5.74) is 0. The third-order valence-corrected chi connectivity index (χ3v) is 2.00. The Morgan fingerprint density at radius 1 is 1.45 bits per heavy atom. The van der Waals surface area contributed by atoms with Crippen molar-refractivity contribution in [2.45, 2.75) is 31.3 Å². The predicted octanol–water partition coefficient (Wildman–Crippen LogP) is -0.858. The first kappa shape index (κ1) is 8.93. The Labute approximate surface area is 65.7 Å². The van der Waals surface area contributed by atoms with Gasteiger partial charge in [-0.05, 0) is 6.92 Å². The van der Waals surface area contributed by atoms with Crippen molar-refractivity contribution in [1.82, 2.24) is 0 Å². The van der Waals surface area contributed by atoms with Crippen LogP contribution in [0.3, 0.4) is 0 Å². The highest BCUT2D eigenvalue weighted by molar-refractivity contribution is 4.85. The Balaban J connectivity index is 2.55. The van der Waals surface area contributed by atoms with Gasteiger partial charge >= 0.3 is 0 Å². The maximum absolute atomic E-state index is 9.40. The molecule has 4 heteroatoms. The average molecular weight is 162 g/mol. The predicted molar refractivity (Wildman–Crippen MR) is 38.2 cm³/mol. The van der Waals surface area contributed by atoms with Gasteiger partial charge in [0.1, 0.15) is 18.3 Å². The molecule has 1 aliphatic heterocycles. The molecule has 0 aromatic carbocycles. The summed E-state index contributed by atoms with van der Waals surface area (Å²) in [5, 5.41) is 18.6. The van der Waals surface area contributed by atoms with Gasteiger partial charge in [0.05, 0.1) is 12.7 Å². The van der Waals surface area contributed by atoms with Crippen molar-refractivity contribution >= 4 is 0 Å². The first-order valence-electron chi connectivity index (χ1n) is 3.67. The molecule has 1 aliphatic rings. The standard InChI is InChI=1S/C7H14O4/c1-4-6(9)7(10-2)5(8)3-11-4/h4-9H,3H2,1-2H3/t4-,5+,6-,7-/m1/s1. The van der Waals surface area contributed by atoms with Gasteiger partial charge in [-0.1, -0.05) is 0 Å². The molecule has 1 saturated heterocycles. The van der Waals surface area contributed by atoms with E-state index in [1.54, 1.807) is 6.92 Å². The van der Waals surface area contributed by atoms with E-state index in [1.807, 2.05) is 0 Å². The van der Waals surface area contributed by atoms with Crippen molar-refractivity contribution in [2.24, 2.45) is 0 Å². The molecule has 0 spiro atoms. The molecule has 2 N–H and O–H groups in total. The van der Waals surface area contributed by atoms with Crippen LogP contribution in [0.1, 0.15) is 6.92 Å². The zero-order valence-electron chi connectivity index (χ0n) is 6.73. The summed E-state index contributed by atoms with van der Waals surface area (Å²) in [6.07, 6.45) is -2.22. The SMILES string of the molecule is CO[C@H]1[C@H](O)[C@@H](C)OC[C@@H]1O. The lowest BCUT2D eigenvalue weighted by Gasteiger charge is -2.35. The molecule has 1 rings (SSSR count). The maximum atomic E-state index is 9.40. The third-order valence-electron chi connectivity index (χ3n) is 2.00. The molecular formula is C7H14O4. The molecule has 0 aromatic rings. The van der Waals surface area contributed by atoms with Crippen LogP contribution in [-0.2, 0) is 9.47 Å². The quantitative estimate of drug-likeness (QED) is 0.527. The molecule has 4 atom stereocenters. The Morgan fingerprint density at radius 2 is 2.09 bits per heavy atom. The number of rotatable bonds is 1. The Morgan fingerprint density at radius 3 is 2.55 bits per heavy atom. The minimum absolute atomic E-state index is 0.233. The Kier molecular flexibility index (Phi) is 2.84. The minimum atomic E-state index is -0.733. The Bertz CT molecular complexity index is 128. The highest BCUT2D eigenvalue weighted by Crippen LogP contribution is 2.16. The van der Waals surface area contributed by atoms with E-state index in [-0.39, 0.29) is 12.7 Å². The molecule has 0 unspecified atom stereocenters. The molecule has 0 aliphatic carbocycles. The first-order chi connectivity index (χ1) is 5.16. The van der Waals surface area contributed by atoms with Gasteiger partial charge in [0.15, 0.2) is 0 Å². The molecule has 66 valence electrons. The molecule has 4 nitrogen and oxygen atoms in total. The van der Waals surface area contributed by atoms with Crippen molar-refractivity contribution in [3.63, 3.8) is 0 Å². The second kappa shape index (κ2) is 3.49. The fourth-order valence-corrected chi connectivity index (χ4v) is 1.24. The van der Waals surface area contributed by atoms with Crippen LogP contribution in [0.25, 0.3) is 0 Å². The number of aliphatic hydroxyl groups excluding tert-OH is 2. The second-order valence-corrected chi connectivity index (χ2v) is 2.80. The number of hydrogen-bond acceptors (Lipinski definition) is 4. The maximum Gasteiger partial charge on any atom is 0.114 e. The van der Waals surface area contributed by atoms with Gasteiger partial charge in [-0.3, -0.25) is 0 Å². The van der Waals surface area contributed by atoms with Gasteiger partial charge in [-0.25, -0.2) is 0 Å². The summed E-state index contributed by atoms with van der Waals surface area (Å²) in [6.45, 7) is 1.99. The number of methoxy groups -OCH3 is 1. The number of aliphatic hydroxyl groups is 2. The summed E-state index contributed by atoms with van der Waals surface area (Å²) in [6, 6.07) is 0.